The van der Waals surface area contributed by atoms with Gasteiger partial charge < -0.3 is 0 Å². The molecule has 0 aromatic carbocycles. The zero-order chi connectivity index (χ0) is 4.41. The monoisotopic (exact) mass is 140 g/mol. The summed E-state index contributed by atoms with van der Waals surface area (Å²) >= 11 is 0. The molecule has 0 amide bonds. The number of halogens is 1. The Bertz CT molecular complexity index is 66.1. The van der Waals surface area contributed by atoms with Crippen LogP contribution in [-0.2, 0) is 10.8 Å². The lowest BCUT2D eigenvalue weighted by atomic mass is 10.4. The first-order valence-corrected chi connectivity index (χ1v) is 3.73. The second-order valence-electron chi connectivity index (χ2n) is 1.56. The van der Waals surface area contributed by atoms with Crippen molar-refractivity contribution >= 4 is 23.2 Å². The SMILES string of the molecule is Cl.O=S1CCCC1. The van der Waals surface area contributed by atoms with Crippen molar-refractivity contribution in [3.63, 3.8) is 0 Å². The van der Waals surface area contributed by atoms with Crippen LogP contribution in [0.25, 0.3) is 0 Å². The predicted octanol–water partition coefficient (Wildman–Crippen LogP) is 0.951. The molecule has 1 fully saturated rings. The summed E-state index contributed by atoms with van der Waals surface area (Å²) < 4.78 is 10.4. The second-order valence-corrected chi connectivity index (χ2v) is 3.25. The van der Waals surface area contributed by atoms with Crippen molar-refractivity contribution in [1.29, 1.82) is 0 Å². The van der Waals surface area contributed by atoms with Crippen molar-refractivity contribution in [2.24, 2.45) is 0 Å². The molecule has 0 spiro atoms. The predicted molar refractivity (Wildman–Crippen MR) is 34.4 cm³/mol. The van der Waals surface area contributed by atoms with E-state index < -0.39 is 10.8 Å². The maximum Gasteiger partial charge on any atom is 0.0235 e. The fraction of sp³-hybridized carbons (Fsp3) is 1.00. The van der Waals surface area contributed by atoms with Crippen molar-refractivity contribution in [2.75, 3.05) is 11.5 Å². The molecule has 1 aliphatic rings. The van der Waals surface area contributed by atoms with E-state index in [-0.39, 0.29) is 12.4 Å². The van der Waals surface area contributed by atoms with Gasteiger partial charge in [-0.1, -0.05) is 0 Å². The van der Waals surface area contributed by atoms with Gasteiger partial charge in [0.15, 0.2) is 0 Å². The van der Waals surface area contributed by atoms with Crippen LogP contribution in [-0.4, -0.2) is 15.7 Å². The zero-order valence-electron chi connectivity index (χ0n) is 4.05. The molecule has 0 aliphatic carbocycles. The van der Waals surface area contributed by atoms with Gasteiger partial charge in [0.05, 0.1) is 0 Å². The average molecular weight is 141 g/mol. The van der Waals surface area contributed by atoms with Crippen molar-refractivity contribution in [1.82, 2.24) is 0 Å². The largest absolute Gasteiger partial charge is 0.260 e. The molecule has 0 aromatic heterocycles. The molecule has 3 heteroatoms. The molecule has 0 unspecified atom stereocenters. The summed E-state index contributed by atoms with van der Waals surface area (Å²) in [7, 11) is -0.423. The van der Waals surface area contributed by atoms with Crippen LogP contribution >= 0.6 is 12.4 Å². The molecule has 1 aliphatic heterocycles. The van der Waals surface area contributed by atoms with Gasteiger partial charge in [0.2, 0.25) is 0 Å². The minimum Gasteiger partial charge on any atom is -0.260 e. The Kier molecular flexibility index (Phi) is 3.66. The summed E-state index contributed by atoms with van der Waals surface area (Å²) in [5.74, 6) is 1.92. The van der Waals surface area contributed by atoms with E-state index in [0.717, 1.165) is 11.5 Å². The van der Waals surface area contributed by atoms with E-state index in [1.165, 1.54) is 12.8 Å². The molecule has 7 heavy (non-hydrogen) atoms. The summed E-state index contributed by atoms with van der Waals surface area (Å²) in [6.07, 6.45) is 2.37. The van der Waals surface area contributed by atoms with Gasteiger partial charge in [-0.25, -0.2) is 0 Å². The number of hydrogen-bond acceptors (Lipinski definition) is 1. The topological polar surface area (TPSA) is 17.1 Å². The third kappa shape index (κ3) is 2.29. The van der Waals surface area contributed by atoms with Gasteiger partial charge in [0.25, 0.3) is 0 Å². The molecule has 1 rings (SSSR count). The minimum absolute atomic E-state index is 0. The van der Waals surface area contributed by atoms with E-state index in [9.17, 15) is 4.21 Å². The molecule has 0 aromatic rings. The van der Waals surface area contributed by atoms with Crippen LogP contribution in [0.1, 0.15) is 12.8 Å². The first-order valence-electron chi connectivity index (χ1n) is 2.24. The first kappa shape index (κ1) is 7.44. The normalized spacial score (nSPS) is 21.7. The summed E-state index contributed by atoms with van der Waals surface area (Å²) in [6, 6.07) is 0. The molecule has 0 bridgehead atoms. The molecule has 44 valence electrons. The number of hydrogen-bond donors (Lipinski definition) is 0. The van der Waals surface area contributed by atoms with Crippen LogP contribution in [0, 0.1) is 0 Å². The molecule has 0 radical (unpaired) electrons. The lowest BCUT2D eigenvalue weighted by Crippen LogP contribution is -1.85. The van der Waals surface area contributed by atoms with Crippen LogP contribution in [0.3, 0.4) is 0 Å². The van der Waals surface area contributed by atoms with Crippen molar-refractivity contribution < 1.29 is 4.21 Å². The lowest BCUT2D eigenvalue weighted by Gasteiger charge is -1.74. The van der Waals surface area contributed by atoms with Crippen molar-refractivity contribution in [3.05, 3.63) is 0 Å². The molecular formula is C4H9ClOS. The quantitative estimate of drug-likeness (QED) is 0.490. The Morgan fingerprint density at radius 1 is 1.14 bits per heavy atom. The fourth-order valence-electron chi connectivity index (χ4n) is 0.628. The summed E-state index contributed by atoms with van der Waals surface area (Å²) in [4.78, 5) is 0. The Balaban J connectivity index is 0.000000360. The van der Waals surface area contributed by atoms with E-state index in [1.807, 2.05) is 0 Å². The molecule has 1 heterocycles. The number of rotatable bonds is 0. The van der Waals surface area contributed by atoms with Gasteiger partial charge >= 0.3 is 0 Å². The fourth-order valence-corrected chi connectivity index (χ4v) is 1.88. The second kappa shape index (κ2) is 3.44. The smallest absolute Gasteiger partial charge is 0.0235 e. The van der Waals surface area contributed by atoms with E-state index in [2.05, 4.69) is 0 Å². The Morgan fingerprint density at radius 2 is 1.57 bits per heavy atom. The van der Waals surface area contributed by atoms with E-state index in [4.69, 9.17) is 0 Å². The van der Waals surface area contributed by atoms with Gasteiger partial charge in [-0.2, -0.15) is 0 Å². The summed E-state index contributed by atoms with van der Waals surface area (Å²) in [6.45, 7) is 0. The van der Waals surface area contributed by atoms with E-state index in [0.29, 0.717) is 0 Å². The highest BCUT2D eigenvalue weighted by atomic mass is 35.5. The van der Waals surface area contributed by atoms with Gasteiger partial charge in [0.1, 0.15) is 0 Å². The summed E-state index contributed by atoms with van der Waals surface area (Å²) in [5.41, 5.74) is 0. The molecule has 0 atom stereocenters. The maximum absolute atomic E-state index is 10.4. The molecule has 1 nitrogen and oxygen atoms in total. The molecular weight excluding hydrogens is 132 g/mol. The third-order valence-corrected chi connectivity index (χ3v) is 2.48. The molecule has 0 N–H and O–H groups in total. The standard InChI is InChI=1S/C4H8OS.ClH/c5-6-3-1-2-4-6;/h1-4H2;1H. The average Bonchev–Trinajstić information content (AvgIpc) is 1.86. The van der Waals surface area contributed by atoms with Gasteiger partial charge in [-0.15, -0.1) is 12.4 Å². The van der Waals surface area contributed by atoms with Gasteiger partial charge in [0, 0.05) is 22.3 Å². The highest BCUT2D eigenvalue weighted by Crippen LogP contribution is 2.03. The Hall–Kier alpha value is 0.440. The minimum atomic E-state index is -0.423. The lowest BCUT2D eigenvalue weighted by molar-refractivity contribution is 0.687. The van der Waals surface area contributed by atoms with Crippen LogP contribution in [0.2, 0.25) is 0 Å². The van der Waals surface area contributed by atoms with Crippen LogP contribution < -0.4 is 0 Å². The van der Waals surface area contributed by atoms with Gasteiger partial charge in [-0.05, 0) is 12.8 Å². The highest BCUT2D eigenvalue weighted by molar-refractivity contribution is 7.85. The summed E-state index contributed by atoms with van der Waals surface area (Å²) in [5, 5.41) is 0. The van der Waals surface area contributed by atoms with Crippen LogP contribution in [0.5, 0.6) is 0 Å². The highest BCUT2D eigenvalue weighted by Gasteiger charge is 2.05. The molecule has 1 saturated heterocycles. The Labute approximate surface area is 52.4 Å². The Morgan fingerprint density at radius 3 is 1.71 bits per heavy atom. The van der Waals surface area contributed by atoms with Gasteiger partial charge in [-0.3, -0.25) is 4.21 Å². The van der Waals surface area contributed by atoms with Crippen LogP contribution in [0.15, 0.2) is 0 Å². The van der Waals surface area contributed by atoms with E-state index in [1.54, 1.807) is 0 Å². The maximum atomic E-state index is 10.4. The molecule has 0 saturated carbocycles. The van der Waals surface area contributed by atoms with E-state index >= 15 is 0 Å². The third-order valence-electron chi connectivity index (χ3n) is 0.994. The zero-order valence-corrected chi connectivity index (χ0v) is 5.69. The van der Waals surface area contributed by atoms with Crippen LogP contribution in [0.4, 0.5) is 0 Å². The van der Waals surface area contributed by atoms with Crippen molar-refractivity contribution in [2.45, 2.75) is 12.8 Å². The first-order chi connectivity index (χ1) is 2.89. The van der Waals surface area contributed by atoms with Crippen molar-refractivity contribution in [3.8, 4) is 0 Å².